The zero-order valence-corrected chi connectivity index (χ0v) is 16.0. The zero-order chi connectivity index (χ0) is 20.9. The summed E-state index contributed by atoms with van der Waals surface area (Å²) in [7, 11) is 0. The lowest BCUT2D eigenvalue weighted by Crippen LogP contribution is -2.47. The van der Waals surface area contributed by atoms with Gasteiger partial charge in [-0.25, -0.2) is 0 Å². The average Bonchev–Trinajstić information content (AvgIpc) is 3.51. The molecular formula is C19H26F3N3O3. The fourth-order valence-electron chi connectivity index (χ4n) is 3.08. The second-order valence-corrected chi connectivity index (χ2v) is 7.42. The van der Waals surface area contributed by atoms with Crippen molar-refractivity contribution in [3.8, 4) is 5.75 Å². The number of amides is 2. The van der Waals surface area contributed by atoms with Crippen molar-refractivity contribution < 1.29 is 27.5 Å². The van der Waals surface area contributed by atoms with Crippen LogP contribution in [-0.2, 0) is 4.79 Å². The van der Waals surface area contributed by atoms with Crippen molar-refractivity contribution in [1.29, 1.82) is 0 Å². The van der Waals surface area contributed by atoms with E-state index in [9.17, 15) is 18.0 Å². The van der Waals surface area contributed by atoms with Crippen molar-refractivity contribution in [2.45, 2.75) is 63.6 Å². The summed E-state index contributed by atoms with van der Waals surface area (Å²) in [6.45, 7) is 2.65. The number of nitrogens with zero attached hydrogens (tertiary/aromatic N) is 1. The van der Waals surface area contributed by atoms with Crippen LogP contribution in [0.1, 0.15) is 67.9 Å². The first-order valence-corrected chi connectivity index (χ1v) is 9.31. The fraction of sp³-hybridized carbons (Fsp3) is 0.632. The van der Waals surface area contributed by atoms with E-state index in [0.717, 1.165) is 32.1 Å². The third-order valence-electron chi connectivity index (χ3n) is 5.15. The third kappa shape index (κ3) is 6.10. The van der Waals surface area contributed by atoms with Crippen LogP contribution >= 0.6 is 0 Å². The third-order valence-corrected chi connectivity index (χ3v) is 5.15. The number of rotatable bonds is 7. The molecule has 3 N–H and O–H groups in total. The van der Waals surface area contributed by atoms with Crippen molar-refractivity contribution in [3.05, 3.63) is 23.5 Å². The number of ether oxygens (including phenoxy) is 1. The van der Waals surface area contributed by atoms with Gasteiger partial charge >= 0.3 is 6.18 Å². The minimum Gasteiger partial charge on any atom is -0.484 e. The van der Waals surface area contributed by atoms with Gasteiger partial charge in [0, 0.05) is 23.4 Å². The minimum absolute atomic E-state index is 0.0990. The Morgan fingerprint density at radius 2 is 1.96 bits per heavy atom. The highest BCUT2D eigenvalue weighted by Gasteiger charge is 2.41. The highest BCUT2D eigenvalue weighted by Crippen LogP contribution is 2.44. The molecule has 1 aromatic heterocycles. The standard InChI is InChI=1S/C18H23F3N2O2.CH3NO/c1-3-17(2,12-6-7-12)23-16(24)14-8-15(25-10-18(19,20)21)13(9-22-14)11-4-5-11;2-1-3/h8-9,11-12H,3-7,10H2,1-2H3,(H,23,24);1H,(H2,2,3). The Bertz CT molecular complexity index is 703. The van der Waals surface area contributed by atoms with Crippen LogP contribution in [-0.4, -0.2) is 35.6 Å². The summed E-state index contributed by atoms with van der Waals surface area (Å²) >= 11 is 0. The molecule has 156 valence electrons. The second-order valence-electron chi connectivity index (χ2n) is 7.42. The number of halogens is 3. The Morgan fingerprint density at radius 1 is 1.36 bits per heavy atom. The Hall–Kier alpha value is -2.32. The molecule has 1 aromatic rings. The molecule has 2 aliphatic rings. The van der Waals surface area contributed by atoms with Gasteiger partial charge in [0.15, 0.2) is 6.61 Å². The maximum absolute atomic E-state index is 12.6. The predicted molar refractivity (Wildman–Crippen MR) is 96.9 cm³/mol. The van der Waals surface area contributed by atoms with Crippen LogP contribution in [0.4, 0.5) is 13.2 Å². The van der Waals surface area contributed by atoms with Gasteiger partial charge in [-0.15, -0.1) is 0 Å². The molecule has 1 atom stereocenters. The Labute approximate surface area is 162 Å². The summed E-state index contributed by atoms with van der Waals surface area (Å²) in [6.07, 6.45) is 2.09. The van der Waals surface area contributed by atoms with Gasteiger partial charge in [0.1, 0.15) is 11.4 Å². The van der Waals surface area contributed by atoms with E-state index in [1.54, 1.807) is 0 Å². The number of carbonyl (C=O) groups excluding carboxylic acids is 2. The first kappa shape index (κ1) is 22.0. The number of alkyl halides is 3. The molecule has 1 unspecified atom stereocenters. The average molecular weight is 401 g/mol. The molecule has 28 heavy (non-hydrogen) atoms. The second kappa shape index (κ2) is 8.79. The smallest absolute Gasteiger partial charge is 0.422 e. The Balaban J connectivity index is 0.000000878. The number of carbonyl (C=O) groups is 2. The van der Waals surface area contributed by atoms with E-state index in [1.807, 2.05) is 13.8 Å². The normalized spacial score (nSPS) is 18.3. The summed E-state index contributed by atoms with van der Waals surface area (Å²) < 4.78 is 42.4. The predicted octanol–water partition coefficient (Wildman–Crippen LogP) is 3.31. The van der Waals surface area contributed by atoms with E-state index in [-0.39, 0.29) is 35.2 Å². The molecule has 0 saturated heterocycles. The Kier molecular flexibility index (Phi) is 6.90. The Morgan fingerprint density at radius 3 is 2.43 bits per heavy atom. The van der Waals surface area contributed by atoms with E-state index >= 15 is 0 Å². The number of hydrogen-bond acceptors (Lipinski definition) is 4. The van der Waals surface area contributed by atoms with Gasteiger partial charge in [0.05, 0.1) is 0 Å². The largest absolute Gasteiger partial charge is 0.484 e. The van der Waals surface area contributed by atoms with Gasteiger partial charge in [-0.1, -0.05) is 6.92 Å². The van der Waals surface area contributed by atoms with E-state index < -0.39 is 12.8 Å². The first-order valence-electron chi connectivity index (χ1n) is 9.31. The lowest BCUT2D eigenvalue weighted by Gasteiger charge is -2.29. The summed E-state index contributed by atoms with van der Waals surface area (Å²) in [5.74, 6) is 0.383. The van der Waals surface area contributed by atoms with Crippen LogP contribution in [0.2, 0.25) is 0 Å². The van der Waals surface area contributed by atoms with Crippen molar-refractivity contribution in [3.63, 3.8) is 0 Å². The van der Waals surface area contributed by atoms with Gasteiger partial charge in [0.25, 0.3) is 5.91 Å². The molecule has 2 saturated carbocycles. The lowest BCUT2D eigenvalue weighted by atomic mass is 9.92. The zero-order valence-electron chi connectivity index (χ0n) is 16.0. The summed E-state index contributed by atoms with van der Waals surface area (Å²) in [5, 5.41) is 3.01. The molecule has 0 aromatic carbocycles. The minimum atomic E-state index is -4.42. The maximum Gasteiger partial charge on any atom is 0.422 e. The van der Waals surface area contributed by atoms with Gasteiger partial charge in [0.2, 0.25) is 6.41 Å². The van der Waals surface area contributed by atoms with Gasteiger partial charge in [-0.05, 0) is 50.9 Å². The molecule has 0 bridgehead atoms. The highest BCUT2D eigenvalue weighted by molar-refractivity contribution is 5.93. The van der Waals surface area contributed by atoms with Crippen molar-refractivity contribution in [1.82, 2.24) is 10.3 Å². The van der Waals surface area contributed by atoms with Crippen LogP contribution in [0.15, 0.2) is 12.3 Å². The van der Waals surface area contributed by atoms with Crippen LogP contribution in [0, 0.1) is 5.92 Å². The lowest BCUT2D eigenvalue weighted by molar-refractivity contribution is -0.153. The summed E-state index contributed by atoms with van der Waals surface area (Å²) in [5.41, 5.74) is 4.61. The van der Waals surface area contributed by atoms with Crippen LogP contribution in [0.25, 0.3) is 0 Å². The molecule has 0 radical (unpaired) electrons. The van der Waals surface area contributed by atoms with Crippen LogP contribution in [0.5, 0.6) is 5.75 Å². The molecule has 2 aliphatic carbocycles. The van der Waals surface area contributed by atoms with Crippen molar-refractivity contribution >= 4 is 12.3 Å². The van der Waals surface area contributed by atoms with E-state index in [0.29, 0.717) is 11.5 Å². The molecule has 1 heterocycles. The van der Waals surface area contributed by atoms with E-state index in [4.69, 9.17) is 9.53 Å². The number of hydrogen-bond donors (Lipinski definition) is 2. The summed E-state index contributed by atoms with van der Waals surface area (Å²) in [4.78, 5) is 25.3. The molecular weight excluding hydrogens is 375 g/mol. The number of aromatic nitrogens is 1. The number of primary amides is 1. The molecule has 0 spiro atoms. The van der Waals surface area contributed by atoms with Gasteiger partial charge in [-0.3, -0.25) is 14.6 Å². The van der Waals surface area contributed by atoms with Crippen molar-refractivity contribution in [2.75, 3.05) is 6.61 Å². The number of nitrogens with one attached hydrogen (secondary N) is 1. The molecule has 6 nitrogen and oxygen atoms in total. The number of nitrogens with two attached hydrogens (primary N) is 1. The molecule has 3 rings (SSSR count). The SMILES string of the molecule is CCC(C)(NC(=O)c1cc(OCC(F)(F)F)c(C2CC2)cn1)C1CC1.NC=O. The summed E-state index contributed by atoms with van der Waals surface area (Å²) in [6, 6.07) is 1.34. The van der Waals surface area contributed by atoms with Gasteiger partial charge < -0.3 is 15.8 Å². The van der Waals surface area contributed by atoms with E-state index in [2.05, 4.69) is 16.0 Å². The molecule has 2 fully saturated rings. The quantitative estimate of drug-likeness (QED) is 0.686. The van der Waals surface area contributed by atoms with Crippen molar-refractivity contribution in [2.24, 2.45) is 11.7 Å². The van der Waals surface area contributed by atoms with Crippen LogP contribution < -0.4 is 15.8 Å². The maximum atomic E-state index is 12.6. The topological polar surface area (TPSA) is 94.3 Å². The highest BCUT2D eigenvalue weighted by atomic mass is 19.4. The molecule has 2 amide bonds. The molecule has 0 aliphatic heterocycles. The van der Waals surface area contributed by atoms with Gasteiger partial charge in [-0.2, -0.15) is 13.2 Å². The molecule has 9 heteroatoms. The van der Waals surface area contributed by atoms with Crippen LogP contribution in [0.3, 0.4) is 0 Å². The number of pyridine rings is 1. The monoisotopic (exact) mass is 401 g/mol. The first-order chi connectivity index (χ1) is 13.1. The van der Waals surface area contributed by atoms with E-state index in [1.165, 1.54) is 12.3 Å². The fourth-order valence-corrected chi connectivity index (χ4v) is 3.08.